The van der Waals surface area contributed by atoms with E-state index in [4.69, 9.17) is 16.3 Å². The van der Waals surface area contributed by atoms with Gasteiger partial charge >= 0.3 is 0 Å². The fraction of sp³-hybridized carbons (Fsp3) is 0.286. The number of halogens is 1. The number of aromatic nitrogens is 3. The van der Waals surface area contributed by atoms with Crippen LogP contribution in [0.3, 0.4) is 0 Å². The minimum absolute atomic E-state index is 0.155. The molecular formula is C21H22ClN3O2S. The first-order valence-electron chi connectivity index (χ1n) is 8.82. The Hall–Kier alpha value is -2.31. The molecule has 0 bridgehead atoms. The Balaban J connectivity index is 2.07. The number of para-hydroxylation sites is 1. The van der Waals surface area contributed by atoms with Crippen molar-refractivity contribution in [3.05, 3.63) is 53.6 Å². The largest absolute Gasteiger partial charge is 0.496 e. The van der Waals surface area contributed by atoms with Gasteiger partial charge in [-0.05, 0) is 36.4 Å². The number of benzene rings is 2. The number of carbonyl (C=O) groups excluding carboxylic acids is 1. The van der Waals surface area contributed by atoms with E-state index in [0.29, 0.717) is 27.5 Å². The second-order valence-electron chi connectivity index (χ2n) is 7.28. The van der Waals surface area contributed by atoms with Crippen LogP contribution in [0.2, 0.25) is 5.02 Å². The van der Waals surface area contributed by atoms with Crippen molar-refractivity contribution in [1.82, 2.24) is 14.8 Å². The topological polar surface area (TPSA) is 57.0 Å². The van der Waals surface area contributed by atoms with Crippen molar-refractivity contribution in [2.75, 3.05) is 12.9 Å². The number of Topliss-reactive ketones (excluding diaryl/α,β-unsaturated/α-hetero) is 1. The minimum Gasteiger partial charge on any atom is -0.496 e. The van der Waals surface area contributed by atoms with Crippen LogP contribution in [0.1, 0.15) is 20.8 Å². The second-order valence-corrected chi connectivity index (χ2v) is 8.66. The first kappa shape index (κ1) is 20.4. The Morgan fingerprint density at radius 2 is 1.79 bits per heavy atom. The molecule has 2 aromatic carbocycles. The molecule has 0 saturated carbocycles. The summed E-state index contributed by atoms with van der Waals surface area (Å²) >= 11 is 7.44. The van der Waals surface area contributed by atoms with Gasteiger partial charge in [-0.3, -0.25) is 9.36 Å². The molecule has 1 heterocycles. The van der Waals surface area contributed by atoms with E-state index in [1.165, 1.54) is 11.8 Å². The number of rotatable bonds is 6. The maximum absolute atomic E-state index is 12.4. The summed E-state index contributed by atoms with van der Waals surface area (Å²) in [5, 5.41) is 10.0. The van der Waals surface area contributed by atoms with Gasteiger partial charge in [-0.15, -0.1) is 10.2 Å². The standard InChI is InChI=1S/C21H22ClN3O2S/c1-21(2,3)18(26)13-28-20-24-23-19(16-7-5-6-8-17(16)27-4)25(20)15-11-9-14(22)10-12-15/h5-12H,13H2,1-4H3. The number of carbonyl (C=O) groups is 1. The van der Waals surface area contributed by atoms with Crippen LogP contribution < -0.4 is 4.74 Å². The van der Waals surface area contributed by atoms with Crippen molar-refractivity contribution in [3.63, 3.8) is 0 Å². The summed E-state index contributed by atoms with van der Waals surface area (Å²) in [6.45, 7) is 5.75. The zero-order valence-corrected chi connectivity index (χ0v) is 17.8. The molecular weight excluding hydrogens is 394 g/mol. The summed E-state index contributed by atoms with van der Waals surface area (Å²) in [6.07, 6.45) is 0. The molecule has 0 aliphatic rings. The number of ketones is 1. The Kier molecular flexibility index (Phi) is 6.10. The monoisotopic (exact) mass is 415 g/mol. The van der Waals surface area contributed by atoms with Crippen LogP contribution in [-0.2, 0) is 4.79 Å². The molecule has 146 valence electrons. The second kappa shape index (κ2) is 8.37. The van der Waals surface area contributed by atoms with Gasteiger partial charge in [0.05, 0.1) is 18.4 Å². The number of nitrogens with zero attached hydrogens (tertiary/aromatic N) is 3. The highest BCUT2D eigenvalue weighted by atomic mass is 35.5. The molecule has 0 saturated heterocycles. The maximum atomic E-state index is 12.4. The average Bonchev–Trinajstić information content (AvgIpc) is 3.09. The van der Waals surface area contributed by atoms with Crippen LogP contribution >= 0.6 is 23.4 Å². The van der Waals surface area contributed by atoms with Crippen molar-refractivity contribution in [3.8, 4) is 22.8 Å². The van der Waals surface area contributed by atoms with Crippen molar-refractivity contribution >= 4 is 29.1 Å². The smallest absolute Gasteiger partial charge is 0.196 e. The molecule has 0 fully saturated rings. The molecule has 5 nitrogen and oxygen atoms in total. The van der Waals surface area contributed by atoms with Crippen LogP contribution in [-0.4, -0.2) is 33.4 Å². The van der Waals surface area contributed by atoms with Crippen molar-refractivity contribution in [2.45, 2.75) is 25.9 Å². The third-order valence-corrected chi connectivity index (χ3v) is 5.42. The summed E-state index contributed by atoms with van der Waals surface area (Å²) in [5.41, 5.74) is 1.28. The average molecular weight is 416 g/mol. The third kappa shape index (κ3) is 4.39. The quantitative estimate of drug-likeness (QED) is 0.511. The first-order chi connectivity index (χ1) is 13.3. The normalized spacial score (nSPS) is 11.5. The van der Waals surface area contributed by atoms with Crippen LogP contribution in [0, 0.1) is 5.41 Å². The van der Waals surface area contributed by atoms with E-state index in [0.717, 1.165) is 11.3 Å². The maximum Gasteiger partial charge on any atom is 0.196 e. The molecule has 1 aromatic heterocycles. The zero-order chi connectivity index (χ0) is 20.3. The number of thioether (sulfide) groups is 1. The van der Waals surface area contributed by atoms with Gasteiger partial charge in [-0.25, -0.2) is 0 Å². The van der Waals surface area contributed by atoms with Crippen LogP contribution in [0.5, 0.6) is 5.75 Å². The van der Waals surface area contributed by atoms with Gasteiger partial charge in [0.25, 0.3) is 0 Å². The molecule has 28 heavy (non-hydrogen) atoms. The Labute approximate surface area is 174 Å². The van der Waals surface area contributed by atoms with Crippen LogP contribution in [0.15, 0.2) is 53.7 Å². The summed E-state index contributed by atoms with van der Waals surface area (Å²) in [7, 11) is 1.62. The van der Waals surface area contributed by atoms with E-state index in [-0.39, 0.29) is 5.78 Å². The van der Waals surface area contributed by atoms with Gasteiger partial charge in [-0.2, -0.15) is 0 Å². The van der Waals surface area contributed by atoms with E-state index < -0.39 is 5.41 Å². The Morgan fingerprint density at radius 3 is 2.43 bits per heavy atom. The Morgan fingerprint density at radius 1 is 1.11 bits per heavy atom. The Bertz CT molecular complexity index is 978. The number of hydrogen-bond acceptors (Lipinski definition) is 5. The van der Waals surface area contributed by atoms with Crippen LogP contribution in [0.4, 0.5) is 0 Å². The fourth-order valence-corrected chi connectivity index (χ4v) is 3.78. The van der Waals surface area contributed by atoms with Gasteiger partial charge in [-0.1, -0.05) is 56.3 Å². The number of hydrogen-bond donors (Lipinski definition) is 0. The van der Waals surface area contributed by atoms with Gasteiger partial charge < -0.3 is 4.74 Å². The predicted molar refractivity (Wildman–Crippen MR) is 114 cm³/mol. The fourth-order valence-electron chi connectivity index (χ4n) is 2.54. The lowest BCUT2D eigenvalue weighted by atomic mass is 9.92. The molecule has 0 N–H and O–H groups in total. The molecule has 0 atom stereocenters. The first-order valence-corrected chi connectivity index (χ1v) is 10.2. The van der Waals surface area contributed by atoms with E-state index in [2.05, 4.69) is 10.2 Å². The summed E-state index contributed by atoms with van der Waals surface area (Å²) in [5.74, 6) is 1.82. The van der Waals surface area contributed by atoms with Crippen molar-refractivity contribution in [2.24, 2.45) is 5.41 Å². The van der Waals surface area contributed by atoms with E-state index >= 15 is 0 Å². The lowest BCUT2D eigenvalue weighted by Gasteiger charge is -2.16. The highest BCUT2D eigenvalue weighted by Gasteiger charge is 2.24. The SMILES string of the molecule is COc1ccccc1-c1nnc(SCC(=O)C(C)(C)C)n1-c1ccc(Cl)cc1. The van der Waals surface area contributed by atoms with Crippen molar-refractivity contribution in [1.29, 1.82) is 0 Å². The number of methoxy groups -OCH3 is 1. The summed E-state index contributed by atoms with van der Waals surface area (Å²) in [4.78, 5) is 12.4. The molecule has 0 amide bonds. The summed E-state index contributed by atoms with van der Waals surface area (Å²) < 4.78 is 7.42. The van der Waals surface area contributed by atoms with Crippen molar-refractivity contribution < 1.29 is 9.53 Å². The molecule has 0 radical (unpaired) electrons. The molecule has 0 aliphatic carbocycles. The van der Waals surface area contributed by atoms with Gasteiger partial charge in [0.1, 0.15) is 11.5 Å². The summed E-state index contributed by atoms with van der Waals surface area (Å²) in [6, 6.07) is 15.1. The predicted octanol–water partition coefficient (Wildman–Crippen LogP) is 5.30. The lowest BCUT2D eigenvalue weighted by molar-refractivity contribution is -0.123. The minimum atomic E-state index is -0.399. The molecule has 0 unspecified atom stereocenters. The molecule has 0 aliphatic heterocycles. The third-order valence-electron chi connectivity index (χ3n) is 4.23. The molecule has 3 aromatic rings. The molecule has 3 rings (SSSR count). The van der Waals surface area contributed by atoms with E-state index in [1.807, 2.05) is 73.9 Å². The highest BCUT2D eigenvalue weighted by molar-refractivity contribution is 7.99. The molecule has 0 spiro atoms. The lowest BCUT2D eigenvalue weighted by Crippen LogP contribution is -2.22. The highest BCUT2D eigenvalue weighted by Crippen LogP contribution is 2.34. The molecule has 7 heteroatoms. The van der Waals surface area contributed by atoms with Gasteiger partial charge in [0, 0.05) is 16.1 Å². The van der Waals surface area contributed by atoms with E-state index in [9.17, 15) is 4.79 Å². The zero-order valence-electron chi connectivity index (χ0n) is 16.3. The van der Waals surface area contributed by atoms with Gasteiger partial charge in [0.15, 0.2) is 11.0 Å². The van der Waals surface area contributed by atoms with Gasteiger partial charge in [0.2, 0.25) is 0 Å². The number of ether oxygens (including phenoxy) is 1. The van der Waals surface area contributed by atoms with Crippen LogP contribution in [0.25, 0.3) is 17.1 Å². The van der Waals surface area contributed by atoms with E-state index in [1.54, 1.807) is 7.11 Å².